The summed E-state index contributed by atoms with van der Waals surface area (Å²) >= 11 is 0. The molecule has 1 aliphatic heterocycles. The quantitative estimate of drug-likeness (QED) is 0.731. The highest BCUT2D eigenvalue weighted by atomic mass is 19.4. The van der Waals surface area contributed by atoms with Gasteiger partial charge in [0, 0.05) is 12.0 Å². The first kappa shape index (κ1) is 17.3. The highest BCUT2D eigenvalue weighted by molar-refractivity contribution is 5.99. The average molecular weight is 350 g/mol. The van der Waals surface area contributed by atoms with Gasteiger partial charge >= 0.3 is 12.1 Å². The number of benzene rings is 2. The molecule has 1 atom stereocenters. The molecule has 2 aromatic rings. The lowest BCUT2D eigenvalue weighted by Crippen LogP contribution is -2.26. The summed E-state index contributed by atoms with van der Waals surface area (Å²) in [6.45, 7) is 3.69. The van der Waals surface area contributed by atoms with Crippen molar-refractivity contribution < 1.29 is 27.4 Å². The summed E-state index contributed by atoms with van der Waals surface area (Å²) in [5, 5.41) is 0. The number of carbonyl (C=O) groups is 1. The number of halogens is 3. The zero-order valence-electron chi connectivity index (χ0n) is 14.0. The molecule has 1 heterocycles. The van der Waals surface area contributed by atoms with Crippen molar-refractivity contribution in [3.63, 3.8) is 0 Å². The largest absolute Gasteiger partial charge is 0.495 e. The van der Waals surface area contributed by atoms with Crippen molar-refractivity contribution in [2.45, 2.75) is 32.5 Å². The lowest BCUT2D eigenvalue weighted by atomic mass is 9.89. The molecule has 0 radical (unpaired) electrons. The molecule has 0 saturated heterocycles. The summed E-state index contributed by atoms with van der Waals surface area (Å²) in [4.78, 5) is 12.3. The summed E-state index contributed by atoms with van der Waals surface area (Å²) in [6, 6.07) is 6.63. The molecule has 3 nitrogen and oxygen atoms in total. The highest BCUT2D eigenvalue weighted by Crippen LogP contribution is 2.40. The number of cyclic esters (lactones) is 1. The predicted octanol–water partition coefficient (Wildman–Crippen LogP) is 4.79. The zero-order chi connectivity index (χ0) is 18.4. The molecule has 0 amide bonds. The van der Waals surface area contributed by atoms with Crippen LogP contribution in [0.4, 0.5) is 13.2 Å². The van der Waals surface area contributed by atoms with E-state index >= 15 is 0 Å². The van der Waals surface area contributed by atoms with E-state index in [4.69, 9.17) is 9.47 Å². The van der Waals surface area contributed by atoms with Crippen LogP contribution in [0.15, 0.2) is 30.3 Å². The second kappa shape index (κ2) is 6.10. The van der Waals surface area contributed by atoms with Gasteiger partial charge in [-0.25, -0.2) is 4.79 Å². The van der Waals surface area contributed by atoms with Crippen LogP contribution in [0.2, 0.25) is 0 Å². The SMILES string of the molecule is COc1c(-c2ccc(C(F)(F)F)cc2)cc(C)c2c1C(=O)O[C@H](C)C2. The molecule has 0 bridgehead atoms. The van der Waals surface area contributed by atoms with Crippen LogP contribution < -0.4 is 4.74 Å². The molecule has 0 aromatic heterocycles. The molecule has 1 aliphatic rings. The van der Waals surface area contributed by atoms with E-state index in [1.807, 2.05) is 19.9 Å². The topological polar surface area (TPSA) is 35.5 Å². The van der Waals surface area contributed by atoms with Gasteiger partial charge in [-0.15, -0.1) is 0 Å². The van der Waals surface area contributed by atoms with Gasteiger partial charge in [0.05, 0.1) is 12.7 Å². The summed E-state index contributed by atoms with van der Waals surface area (Å²) in [7, 11) is 1.43. The monoisotopic (exact) mass is 350 g/mol. The number of aryl methyl sites for hydroxylation is 1. The Labute approximate surface area is 143 Å². The van der Waals surface area contributed by atoms with Gasteiger partial charge in [-0.3, -0.25) is 0 Å². The lowest BCUT2D eigenvalue weighted by Gasteiger charge is -2.26. The predicted molar refractivity (Wildman–Crippen MR) is 86.8 cm³/mol. The molecule has 3 rings (SSSR count). The van der Waals surface area contributed by atoms with E-state index < -0.39 is 17.7 Å². The molecular weight excluding hydrogens is 333 g/mol. The van der Waals surface area contributed by atoms with Crippen LogP contribution in [-0.2, 0) is 17.3 Å². The average Bonchev–Trinajstić information content (AvgIpc) is 2.54. The maximum Gasteiger partial charge on any atom is 0.416 e. The standard InChI is InChI=1S/C19H17F3O3/c1-10-8-15(12-4-6-13(7-5-12)19(20,21)22)17(24-3)16-14(10)9-11(2)25-18(16)23/h4-8,11H,9H2,1-3H3/t11-/m1/s1. The molecule has 0 N–H and O–H groups in total. The molecule has 132 valence electrons. The van der Waals surface area contributed by atoms with Gasteiger partial charge in [0.15, 0.2) is 0 Å². The van der Waals surface area contributed by atoms with Crippen molar-refractivity contribution in [3.05, 3.63) is 52.6 Å². The molecule has 25 heavy (non-hydrogen) atoms. The number of hydrogen-bond acceptors (Lipinski definition) is 3. The summed E-state index contributed by atoms with van der Waals surface area (Å²) < 4.78 is 49.0. The lowest BCUT2D eigenvalue weighted by molar-refractivity contribution is -0.137. The number of fused-ring (bicyclic) bond motifs is 1. The van der Waals surface area contributed by atoms with Gasteiger partial charge in [-0.05, 0) is 48.7 Å². The van der Waals surface area contributed by atoms with E-state index in [9.17, 15) is 18.0 Å². The van der Waals surface area contributed by atoms with Crippen molar-refractivity contribution >= 4 is 5.97 Å². The number of hydrogen-bond donors (Lipinski definition) is 0. The highest BCUT2D eigenvalue weighted by Gasteiger charge is 2.32. The van der Waals surface area contributed by atoms with Crippen molar-refractivity contribution in [2.75, 3.05) is 7.11 Å². The number of esters is 1. The molecule has 2 aromatic carbocycles. The van der Waals surface area contributed by atoms with Gasteiger partial charge < -0.3 is 9.47 Å². The number of methoxy groups -OCH3 is 1. The number of ether oxygens (including phenoxy) is 2. The molecule has 6 heteroatoms. The maximum absolute atomic E-state index is 12.8. The summed E-state index contributed by atoms with van der Waals surface area (Å²) in [6.07, 6.45) is -4.04. The van der Waals surface area contributed by atoms with E-state index in [0.29, 0.717) is 28.9 Å². The van der Waals surface area contributed by atoms with Crippen LogP contribution in [0.1, 0.15) is 34.0 Å². The summed E-state index contributed by atoms with van der Waals surface area (Å²) in [5.41, 5.74) is 2.49. The fourth-order valence-corrected chi connectivity index (χ4v) is 3.15. The second-order valence-electron chi connectivity index (χ2n) is 6.12. The van der Waals surface area contributed by atoms with E-state index in [1.54, 1.807) is 0 Å². The van der Waals surface area contributed by atoms with E-state index in [1.165, 1.54) is 19.2 Å². The first-order valence-electron chi connectivity index (χ1n) is 7.81. The van der Waals surface area contributed by atoms with Crippen LogP contribution in [0.5, 0.6) is 5.75 Å². The van der Waals surface area contributed by atoms with Gasteiger partial charge in [0.25, 0.3) is 0 Å². The van der Waals surface area contributed by atoms with Crippen LogP contribution in [0, 0.1) is 6.92 Å². The van der Waals surface area contributed by atoms with Crippen molar-refractivity contribution in [1.82, 2.24) is 0 Å². The van der Waals surface area contributed by atoms with Gasteiger partial charge in [0.2, 0.25) is 0 Å². The minimum atomic E-state index is -4.39. The first-order valence-corrected chi connectivity index (χ1v) is 7.81. The first-order chi connectivity index (χ1) is 11.7. The third kappa shape index (κ3) is 3.08. The van der Waals surface area contributed by atoms with Crippen molar-refractivity contribution in [3.8, 4) is 16.9 Å². The smallest absolute Gasteiger partial charge is 0.416 e. The minimum absolute atomic E-state index is 0.222. The van der Waals surface area contributed by atoms with Crippen LogP contribution in [-0.4, -0.2) is 19.2 Å². The van der Waals surface area contributed by atoms with Gasteiger partial charge in [0.1, 0.15) is 17.4 Å². The third-order valence-corrected chi connectivity index (χ3v) is 4.34. The summed E-state index contributed by atoms with van der Waals surface area (Å²) in [5.74, 6) is -0.139. The molecule has 0 fully saturated rings. The number of carbonyl (C=O) groups excluding carboxylic acids is 1. The van der Waals surface area contributed by atoms with Crippen LogP contribution >= 0.6 is 0 Å². The van der Waals surface area contributed by atoms with Crippen molar-refractivity contribution in [2.24, 2.45) is 0 Å². The Kier molecular flexibility index (Phi) is 4.22. The van der Waals surface area contributed by atoms with Gasteiger partial charge in [-0.2, -0.15) is 13.2 Å². The second-order valence-corrected chi connectivity index (χ2v) is 6.12. The van der Waals surface area contributed by atoms with E-state index in [0.717, 1.165) is 23.3 Å². The fraction of sp³-hybridized carbons (Fsp3) is 0.316. The van der Waals surface area contributed by atoms with E-state index in [-0.39, 0.29) is 6.10 Å². The van der Waals surface area contributed by atoms with Crippen LogP contribution in [0.25, 0.3) is 11.1 Å². The number of alkyl halides is 3. The Morgan fingerprint density at radius 1 is 1.20 bits per heavy atom. The molecule has 0 unspecified atom stereocenters. The fourth-order valence-electron chi connectivity index (χ4n) is 3.15. The Bertz CT molecular complexity index is 823. The van der Waals surface area contributed by atoms with Crippen LogP contribution in [0.3, 0.4) is 0 Å². The molecule has 0 spiro atoms. The van der Waals surface area contributed by atoms with Crippen molar-refractivity contribution in [1.29, 1.82) is 0 Å². The Morgan fingerprint density at radius 3 is 2.40 bits per heavy atom. The number of rotatable bonds is 2. The Balaban J connectivity index is 2.16. The Morgan fingerprint density at radius 2 is 1.84 bits per heavy atom. The third-order valence-electron chi connectivity index (χ3n) is 4.34. The Hall–Kier alpha value is -2.50. The molecule has 0 saturated carbocycles. The maximum atomic E-state index is 12.8. The minimum Gasteiger partial charge on any atom is -0.495 e. The molecule has 0 aliphatic carbocycles. The van der Waals surface area contributed by atoms with Gasteiger partial charge in [-0.1, -0.05) is 12.1 Å². The normalized spacial score (nSPS) is 17.0. The van der Waals surface area contributed by atoms with E-state index in [2.05, 4.69) is 0 Å². The zero-order valence-corrected chi connectivity index (χ0v) is 14.0. The molecular formula is C19H17F3O3.